The lowest BCUT2D eigenvalue weighted by Crippen LogP contribution is -2.36. The molecule has 48 heavy (non-hydrogen) atoms. The molecule has 0 saturated carbocycles. The van der Waals surface area contributed by atoms with Crippen molar-refractivity contribution in [1.29, 1.82) is 5.41 Å². The molecule has 21 N–H and O–H groups in total. The van der Waals surface area contributed by atoms with Crippen molar-refractivity contribution >= 4 is 41.8 Å². The minimum absolute atomic E-state index is 0.0208. The molecular formula is C27H59N9O12. The second-order valence-corrected chi connectivity index (χ2v) is 10.5. The van der Waals surface area contributed by atoms with Crippen molar-refractivity contribution in [2.75, 3.05) is 19.6 Å². The normalized spacial score (nSPS) is 15.7. The monoisotopic (exact) mass is 701 g/mol. The highest BCUT2D eigenvalue weighted by atomic mass is 16.4. The first kappa shape index (κ1) is 53.3. The summed E-state index contributed by atoms with van der Waals surface area (Å²) in [7, 11) is 0. The van der Waals surface area contributed by atoms with E-state index in [0.29, 0.717) is 19.4 Å². The number of carboxylic acid groups (broad SMARTS) is 6. The van der Waals surface area contributed by atoms with Gasteiger partial charge in [0, 0.05) is 6.54 Å². The molecule has 0 aromatic rings. The summed E-state index contributed by atoms with van der Waals surface area (Å²) in [6.45, 7) is 9.79. The van der Waals surface area contributed by atoms with E-state index in [9.17, 15) is 28.8 Å². The van der Waals surface area contributed by atoms with Gasteiger partial charge in [-0.05, 0) is 51.0 Å². The number of rotatable bonds is 13. The van der Waals surface area contributed by atoms with Crippen molar-refractivity contribution in [2.24, 2.45) is 46.2 Å². The van der Waals surface area contributed by atoms with E-state index in [1.54, 1.807) is 13.8 Å². The average molecular weight is 702 g/mol. The smallest absolute Gasteiger partial charge is 0.320 e. The third-order valence-corrected chi connectivity index (χ3v) is 5.79. The standard InChI is InChI=1S/C6H14N4O2.C6H13NO2.C5H9NO2.C5H11NO2.C3H7NO2.C2H5NO2/c7-4(5(11)12)2-1-3-10-6(8)9;1-3-4(2)5(7)6(8)9;7-5(8)4-2-1-3-6-4;1-3(2)4(6)5(7)8;1-2(4)3(5)6;3-1-2(4)5/h4H,1-3,7H2,(H,11,12)(H4,8,9,10);4-5H,3,7H2,1-2H3,(H,8,9);4,6H,1-3H2,(H,7,8);3-4H,6H2,1-2H3,(H,7,8);2H,4H2,1H3,(H,5,6);1,3H2,(H,4,5)/t;;4-;;;/m..0.../s1. The van der Waals surface area contributed by atoms with Gasteiger partial charge in [-0.2, -0.15) is 0 Å². The number of nitrogens with one attached hydrogen (secondary N) is 3. The number of carboxylic acids is 6. The zero-order valence-electron chi connectivity index (χ0n) is 28.3. The Morgan fingerprint density at radius 3 is 1.44 bits per heavy atom. The Balaban J connectivity index is -0.000000157. The number of aliphatic carboxylic acids is 6. The highest BCUT2D eigenvalue weighted by Gasteiger charge is 2.20. The van der Waals surface area contributed by atoms with Crippen molar-refractivity contribution in [3.05, 3.63) is 0 Å². The minimum atomic E-state index is -1.00. The lowest BCUT2D eigenvalue weighted by Gasteiger charge is -2.11. The zero-order valence-corrected chi connectivity index (χ0v) is 28.3. The highest BCUT2D eigenvalue weighted by molar-refractivity contribution is 5.75. The fraction of sp³-hybridized carbons (Fsp3) is 0.741. The molecular weight excluding hydrogens is 642 g/mol. The molecule has 5 unspecified atom stereocenters. The van der Waals surface area contributed by atoms with Gasteiger partial charge in [0.15, 0.2) is 5.96 Å². The van der Waals surface area contributed by atoms with Gasteiger partial charge in [-0.15, -0.1) is 0 Å². The zero-order chi connectivity index (χ0) is 39.2. The lowest BCUT2D eigenvalue weighted by atomic mass is 10.0. The van der Waals surface area contributed by atoms with Crippen molar-refractivity contribution in [3.8, 4) is 0 Å². The summed E-state index contributed by atoms with van der Waals surface area (Å²) in [5.74, 6) is -5.52. The molecule has 0 spiro atoms. The second-order valence-electron chi connectivity index (χ2n) is 10.5. The molecule has 0 aliphatic carbocycles. The molecule has 284 valence electrons. The molecule has 1 saturated heterocycles. The predicted octanol–water partition coefficient (Wildman–Crippen LogP) is -2.57. The maximum Gasteiger partial charge on any atom is 0.320 e. The summed E-state index contributed by atoms with van der Waals surface area (Å²) in [6.07, 6.45) is 3.57. The third-order valence-electron chi connectivity index (χ3n) is 5.79. The number of hydrogen-bond donors (Lipinski definition) is 15. The van der Waals surface area contributed by atoms with Crippen LogP contribution in [0, 0.1) is 17.2 Å². The fourth-order valence-electron chi connectivity index (χ4n) is 2.35. The molecule has 21 heteroatoms. The summed E-state index contributed by atoms with van der Waals surface area (Å²) in [4.78, 5) is 59.4. The van der Waals surface area contributed by atoms with E-state index in [2.05, 4.69) is 16.4 Å². The number of guanidine groups is 1. The minimum Gasteiger partial charge on any atom is -0.480 e. The summed E-state index contributed by atoms with van der Waals surface area (Å²) in [6, 6.07) is -3.23. The van der Waals surface area contributed by atoms with Crippen LogP contribution in [0.25, 0.3) is 0 Å². The first-order valence-electron chi connectivity index (χ1n) is 14.8. The van der Waals surface area contributed by atoms with Crippen LogP contribution < -0.4 is 45.0 Å². The van der Waals surface area contributed by atoms with E-state index in [1.807, 2.05) is 13.8 Å². The molecule has 1 aliphatic heterocycles. The van der Waals surface area contributed by atoms with Gasteiger partial charge in [-0.3, -0.25) is 34.2 Å². The van der Waals surface area contributed by atoms with Gasteiger partial charge in [0.2, 0.25) is 0 Å². The van der Waals surface area contributed by atoms with Crippen LogP contribution in [0.2, 0.25) is 0 Å². The molecule has 6 atom stereocenters. The first-order chi connectivity index (χ1) is 21.9. The predicted molar refractivity (Wildman–Crippen MR) is 177 cm³/mol. The number of nitrogens with two attached hydrogens (primary N) is 6. The van der Waals surface area contributed by atoms with Crippen molar-refractivity contribution < 1.29 is 59.4 Å². The second kappa shape index (κ2) is 32.8. The highest BCUT2D eigenvalue weighted by Crippen LogP contribution is 2.04. The van der Waals surface area contributed by atoms with Crippen LogP contribution in [0.5, 0.6) is 0 Å². The Morgan fingerprint density at radius 1 is 0.833 bits per heavy atom. The van der Waals surface area contributed by atoms with Crippen molar-refractivity contribution in [1.82, 2.24) is 10.6 Å². The summed E-state index contributed by atoms with van der Waals surface area (Å²) in [5, 5.41) is 61.0. The van der Waals surface area contributed by atoms with Crippen LogP contribution in [-0.4, -0.2) is 122 Å². The largest absolute Gasteiger partial charge is 0.480 e. The summed E-state index contributed by atoms with van der Waals surface area (Å²) < 4.78 is 0. The van der Waals surface area contributed by atoms with E-state index in [4.69, 9.17) is 64.7 Å². The van der Waals surface area contributed by atoms with Gasteiger partial charge in [0.05, 0.1) is 6.54 Å². The van der Waals surface area contributed by atoms with E-state index in [-0.39, 0.29) is 30.4 Å². The first-order valence-corrected chi connectivity index (χ1v) is 14.8. The molecule has 21 nitrogen and oxygen atoms in total. The molecule has 1 heterocycles. The van der Waals surface area contributed by atoms with E-state index < -0.39 is 60.0 Å². The van der Waals surface area contributed by atoms with Crippen molar-refractivity contribution in [2.45, 2.75) is 96.9 Å². The SMILES string of the molecule is CC(C)C(N)C(=O)O.CC(N)C(=O)O.CCC(C)C(N)C(=O)O.N=C(N)NCCCC(N)C(=O)O.NCC(=O)O.O=C(O)[C@@H]1CCCN1. The Hall–Kier alpha value is -4.15. The van der Waals surface area contributed by atoms with Gasteiger partial charge in [0.25, 0.3) is 0 Å². The Labute approximate surface area is 280 Å². The lowest BCUT2D eigenvalue weighted by molar-refractivity contribution is -0.140. The molecule has 0 radical (unpaired) electrons. The molecule has 0 aromatic heterocycles. The van der Waals surface area contributed by atoms with Crippen LogP contribution in [0.15, 0.2) is 0 Å². The van der Waals surface area contributed by atoms with Gasteiger partial charge >= 0.3 is 35.8 Å². The Morgan fingerprint density at radius 2 is 1.27 bits per heavy atom. The van der Waals surface area contributed by atoms with Gasteiger partial charge < -0.3 is 75.7 Å². The molecule has 1 fully saturated rings. The molecule has 0 bridgehead atoms. The maximum absolute atomic E-state index is 10.2. The van der Waals surface area contributed by atoms with E-state index in [1.165, 1.54) is 6.92 Å². The average Bonchev–Trinajstić information content (AvgIpc) is 3.55. The molecule has 1 rings (SSSR count). The number of hydrogen-bond acceptors (Lipinski definition) is 13. The van der Waals surface area contributed by atoms with Gasteiger partial charge in [-0.1, -0.05) is 34.1 Å². The van der Waals surface area contributed by atoms with E-state index >= 15 is 0 Å². The Kier molecular flexibility index (Phi) is 36.4. The van der Waals surface area contributed by atoms with Crippen molar-refractivity contribution in [3.63, 3.8) is 0 Å². The molecule has 1 aliphatic rings. The maximum atomic E-state index is 10.2. The van der Waals surface area contributed by atoms with Crippen LogP contribution in [0.3, 0.4) is 0 Å². The van der Waals surface area contributed by atoms with Crippen LogP contribution in [0.4, 0.5) is 0 Å². The third kappa shape index (κ3) is 39.9. The van der Waals surface area contributed by atoms with Crippen LogP contribution in [0.1, 0.15) is 66.7 Å². The van der Waals surface area contributed by atoms with Crippen LogP contribution >= 0.6 is 0 Å². The van der Waals surface area contributed by atoms with Crippen LogP contribution in [-0.2, 0) is 28.8 Å². The number of carbonyl (C=O) groups is 6. The fourth-order valence-corrected chi connectivity index (χ4v) is 2.35. The van der Waals surface area contributed by atoms with Gasteiger partial charge in [0.1, 0.15) is 30.2 Å². The summed E-state index contributed by atoms with van der Waals surface area (Å²) in [5.41, 5.74) is 30.1. The summed E-state index contributed by atoms with van der Waals surface area (Å²) >= 11 is 0. The molecule has 0 aromatic carbocycles. The quantitative estimate of drug-likeness (QED) is 0.0533. The topological polar surface area (TPSA) is 428 Å². The molecule has 0 amide bonds. The Bertz CT molecular complexity index is 922. The van der Waals surface area contributed by atoms with Gasteiger partial charge in [-0.25, -0.2) is 0 Å². The van der Waals surface area contributed by atoms with E-state index in [0.717, 1.165) is 25.8 Å².